The fourth-order valence-electron chi connectivity index (χ4n) is 1.41. The van der Waals surface area contributed by atoms with Crippen LogP contribution in [0, 0.1) is 20.8 Å². The summed E-state index contributed by atoms with van der Waals surface area (Å²) in [5.74, 6) is 0.318. The van der Waals surface area contributed by atoms with Gasteiger partial charge in [0.05, 0.1) is 0 Å². The Hall–Kier alpha value is -1.07. The van der Waals surface area contributed by atoms with Gasteiger partial charge in [-0.2, -0.15) is 13.6 Å². The highest BCUT2D eigenvalue weighted by Gasteiger charge is 2.11. The lowest BCUT2D eigenvalue weighted by molar-refractivity contribution is 0.484. The van der Waals surface area contributed by atoms with Crippen LogP contribution in [0.1, 0.15) is 16.7 Å². The molecule has 1 aromatic carbocycles. The predicted octanol–water partition coefficient (Wildman–Crippen LogP) is 1.19. The van der Waals surface area contributed by atoms with Crippen molar-refractivity contribution in [2.24, 2.45) is 5.14 Å². The van der Waals surface area contributed by atoms with Gasteiger partial charge in [-0.05, 0) is 31.9 Å². The second-order valence-corrected chi connectivity index (χ2v) is 4.46. The quantitative estimate of drug-likeness (QED) is 0.805. The number of benzene rings is 1. The molecule has 4 nitrogen and oxygen atoms in total. The van der Waals surface area contributed by atoms with Crippen molar-refractivity contribution < 1.29 is 12.6 Å². The minimum Gasteiger partial charge on any atom is -0.370 e. The monoisotopic (exact) mass is 215 g/mol. The van der Waals surface area contributed by atoms with Gasteiger partial charge in [-0.3, -0.25) is 0 Å². The van der Waals surface area contributed by atoms with Crippen molar-refractivity contribution in [3.8, 4) is 5.75 Å². The fraction of sp³-hybridized carbons (Fsp3) is 0.333. The SMILES string of the molecule is Cc1cc(C)c(OS(N)(=O)=O)c(C)c1. The van der Waals surface area contributed by atoms with E-state index in [0.29, 0.717) is 5.75 Å². The minimum absolute atomic E-state index is 0.318. The van der Waals surface area contributed by atoms with E-state index in [4.69, 9.17) is 5.14 Å². The lowest BCUT2D eigenvalue weighted by Crippen LogP contribution is -2.20. The molecule has 0 amide bonds. The number of rotatable bonds is 2. The molecular weight excluding hydrogens is 202 g/mol. The average molecular weight is 215 g/mol. The standard InChI is InChI=1S/C9H13NO3S/c1-6-4-7(2)9(8(3)5-6)13-14(10,11)12/h4-5H,1-3H3,(H2,10,11,12). The zero-order chi connectivity index (χ0) is 10.9. The molecule has 2 N–H and O–H groups in total. The van der Waals surface area contributed by atoms with Gasteiger partial charge in [0.15, 0.2) is 0 Å². The van der Waals surface area contributed by atoms with Crippen LogP contribution in [-0.4, -0.2) is 8.42 Å². The molecule has 1 rings (SSSR count). The molecule has 0 radical (unpaired) electrons. The minimum atomic E-state index is -3.94. The van der Waals surface area contributed by atoms with Gasteiger partial charge in [-0.1, -0.05) is 17.7 Å². The zero-order valence-corrected chi connectivity index (χ0v) is 9.18. The Kier molecular flexibility index (Phi) is 2.82. The van der Waals surface area contributed by atoms with Crippen molar-refractivity contribution >= 4 is 10.3 Å². The summed E-state index contributed by atoms with van der Waals surface area (Å²) in [5, 5.41) is 4.79. The van der Waals surface area contributed by atoms with Gasteiger partial charge in [-0.25, -0.2) is 0 Å². The molecule has 0 fully saturated rings. The van der Waals surface area contributed by atoms with Crippen molar-refractivity contribution in [2.75, 3.05) is 0 Å². The van der Waals surface area contributed by atoms with Gasteiger partial charge in [-0.15, -0.1) is 0 Å². The van der Waals surface area contributed by atoms with Gasteiger partial charge in [0, 0.05) is 0 Å². The van der Waals surface area contributed by atoms with Gasteiger partial charge in [0.25, 0.3) is 0 Å². The van der Waals surface area contributed by atoms with Crippen LogP contribution >= 0.6 is 0 Å². The van der Waals surface area contributed by atoms with Crippen LogP contribution in [0.15, 0.2) is 12.1 Å². The third-order valence-electron chi connectivity index (χ3n) is 1.80. The second kappa shape index (κ2) is 3.59. The summed E-state index contributed by atoms with van der Waals surface area (Å²) in [6.07, 6.45) is 0. The van der Waals surface area contributed by atoms with Crippen LogP contribution in [0.2, 0.25) is 0 Å². The molecule has 14 heavy (non-hydrogen) atoms. The van der Waals surface area contributed by atoms with Crippen molar-refractivity contribution in [3.05, 3.63) is 28.8 Å². The van der Waals surface area contributed by atoms with Crippen LogP contribution < -0.4 is 9.32 Å². The smallest absolute Gasteiger partial charge is 0.370 e. The van der Waals surface area contributed by atoms with Gasteiger partial charge >= 0.3 is 10.3 Å². The average Bonchev–Trinajstić information content (AvgIpc) is 1.95. The summed E-state index contributed by atoms with van der Waals surface area (Å²) in [5.41, 5.74) is 2.58. The Morgan fingerprint density at radius 3 is 1.93 bits per heavy atom. The summed E-state index contributed by atoms with van der Waals surface area (Å²) in [6.45, 7) is 5.49. The largest absolute Gasteiger partial charge is 0.380 e. The van der Waals surface area contributed by atoms with Crippen molar-refractivity contribution in [3.63, 3.8) is 0 Å². The number of nitrogens with two attached hydrogens (primary N) is 1. The molecule has 0 aliphatic rings. The second-order valence-electron chi connectivity index (χ2n) is 3.30. The Morgan fingerprint density at radius 1 is 1.14 bits per heavy atom. The van der Waals surface area contributed by atoms with Crippen molar-refractivity contribution in [1.29, 1.82) is 0 Å². The third kappa shape index (κ3) is 2.71. The third-order valence-corrected chi connectivity index (χ3v) is 2.20. The molecule has 0 aromatic heterocycles. The van der Waals surface area contributed by atoms with E-state index in [9.17, 15) is 8.42 Å². The summed E-state index contributed by atoms with van der Waals surface area (Å²) in [4.78, 5) is 0. The van der Waals surface area contributed by atoms with Crippen LogP contribution in [0.5, 0.6) is 5.75 Å². The number of hydrogen-bond donors (Lipinski definition) is 1. The van der Waals surface area contributed by atoms with E-state index in [2.05, 4.69) is 4.18 Å². The van der Waals surface area contributed by atoms with E-state index in [1.165, 1.54) is 0 Å². The Bertz CT molecular complexity index is 428. The van der Waals surface area contributed by atoms with Crippen LogP contribution in [0.4, 0.5) is 0 Å². The summed E-state index contributed by atoms with van der Waals surface area (Å²) in [6, 6.07) is 3.68. The van der Waals surface area contributed by atoms with Crippen LogP contribution in [0.25, 0.3) is 0 Å². The van der Waals surface area contributed by atoms with Crippen molar-refractivity contribution in [2.45, 2.75) is 20.8 Å². The highest BCUT2D eigenvalue weighted by atomic mass is 32.2. The first-order chi connectivity index (χ1) is 6.29. The van der Waals surface area contributed by atoms with E-state index in [1.54, 1.807) is 13.8 Å². The first kappa shape index (κ1) is 11.0. The lowest BCUT2D eigenvalue weighted by Gasteiger charge is -2.10. The first-order valence-electron chi connectivity index (χ1n) is 4.09. The Balaban J connectivity index is 3.22. The summed E-state index contributed by atoms with van der Waals surface area (Å²) in [7, 11) is -3.94. The molecule has 0 bridgehead atoms. The molecule has 0 atom stereocenters. The molecule has 1 aromatic rings. The van der Waals surface area contributed by atoms with Crippen molar-refractivity contribution in [1.82, 2.24) is 0 Å². The first-order valence-corrected chi connectivity index (χ1v) is 5.57. The zero-order valence-electron chi connectivity index (χ0n) is 8.37. The Labute approximate surface area is 83.9 Å². The molecule has 0 unspecified atom stereocenters. The summed E-state index contributed by atoms with van der Waals surface area (Å²) < 4.78 is 26.2. The Morgan fingerprint density at radius 2 is 1.57 bits per heavy atom. The molecule has 0 heterocycles. The highest BCUT2D eigenvalue weighted by molar-refractivity contribution is 7.84. The molecule has 0 aliphatic heterocycles. The maximum atomic E-state index is 10.7. The van der Waals surface area contributed by atoms with E-state index in [0.717, 1.165) is 16.7 Å². The van der Waals surface area contributed by atoms with E-state index in [-0.39, 0.29) is 0 Å². The van der Waals surface area contributed by atoms with E-state index in [1.807, 2.05) is 19.1 Å². The van der Waals surface area contributed by atoms with Crippen LogP contribution in [0.3, 0.4) is 0 Å². The summed E-state index contributed by atoms with van der Waals surface area (Å²) >= 11 is 0. The molecule has 0 saturated carbocycles. The molecular formula is C9H13NO3S. The van der Waals surface area contributed by atoms with Gasteiger partial charge < -0.3 is 4.18 Å². The predicted molar refractivity (Wildman–Crippen MR) is 54.4 cm³/mol. The molecule has 0 saturated heterocycles. The van der Waals surface area contributed by atoms with Gasteiger partial charge in [0.1, 0.15) is 5.75 Å². The maximum Gasteiger partial charge on any atom is 0.380 e. The number of hydrogen-bond acceptors (Lipinski definition) is 3. The molecule has 0 aliphatic carbocycles. The molecule has 78 valence electrons. The fourth-order valence-corrected chi connectivity index (χ4v) is 1.91. The lowest BCUT2D eigenvalue weighted by atomic mass is 10.1. The molecule has 0 spiro atoms. The van der Waals surface area contributed by atoms with E-state index < -0.39 is 10.3 Å². The number of aryl methyl sites for hydroxylation is 3. The van der Waals surface area contributed by atoms with Gasteiger partial charge in [0.2, 0.25) is 0 Å². The highest BCUT2D eigenvalue weighted by Crippen LogP contribution is 2.25. The molecule has 5 heteroatoms. The topological polar surface area (TPSA) is 69.4 Å². The normalized spacial score (nSPS) is 11.4. The van der Waals surface area contributed by atoms with E-state index >= 15 is 0 Å². The maximum absolute atomic E-state index is 10.7. The van der Waals surface area contributed by atoms with Crippen LogP contribution in [-0.2, 0) is 10.3 Å².